The van der Waals surface area contributed by atoms with E-state index in [9.17, 15) is 19.8 Å². The Morgan fingerprint density at radius 1 is 0.968 bits per heavy atom. The van der Waals surface area contributed by atoms with Gasteiger partial charge in [-0.25, -0.2) is 4.79 Å². The van der Waals surface area contributed by atoms with Gasteiger partial charge in [0.1, 0.15) is 11.5 Å². The Labute approximate surface area is 176 Å². The number of nitrogens with one attached hydrogen (secondary N) is 3. The Morgan fingerprint density at radius 3 is 2.16 bits per heavy atom. The molecule has 0 aliphatic rings. The number of phenolic OH excluding ortho intramolecular Hbond substituents is 2. The van der Waals surface area contributed by atoms with E-state index in [0.717, 1.165) is 27.4 Å². The van der Waals surface area contributed by atoms with E-state index >= 15 is 0 Å². The van der Waals surface area contributed by atoms with Gasteiger partial charge in [0.15, 0.2) is 6.10 Å². The average molecular weight is 422 g/mol. The van der Waals surface area contributed by atoms with Crippen molar-refractivity contribution in [3.05, 3.63) is 59.9 Å². The number of hydrogen-bond donors (Lipinski definition) is 6. The van der Waals surface area contributed by atoms with E-state index in [2.05, 4.69) is 15.3 Å². The van der Waals surface area contributed by atoms with Gasteiger partial charge in [0.05, 0.1) is 0 Å². The molecule has 2 aromatic heterocycles. The smallest absolute Gasteiger partial charge is 0.405 e. The fourth-order valence-electron chi connectivity index (χ4n) is 3.67. The molecule has 0 spiro atoms. The molecule has 2 amide bonds. The van der Waals surface area contributed by atoms with Gasteiger partial charge in [-0.05, 0) is 53.9 Å². The second kappa shape index (κ2) is 8.31. The SMILES string of the molecule is NC(=O)O[C@@H](Cc1c[nH]c2ccc(O)cc12)C(=O)NCCc1c[nH]c2ccc(O)cc12. The van der Waals surface area contributed by atoms with Crippen molar-refractivity contribution >= 4 is 33.8 Å². The molecule has 0 aliphatic heterocycles. The van der Waals surface area contributed by atoms with Crippen LogP contribution in [0, 0.1) is 0 Å². The number of primary amides is 1. The van der Waals surface area contributed by atoms with Crippen molar-refractivity contribution in [2.45, 2.75) is 18.9 Å². The molecule has 2 heterocycles. The Balaban J connectivity index is 1.44. The van der Waals surface area contributed by atoms with Crippen LogP contribution in [0.1, 0.15) is 11.1 Å². The highest BCUT2D eigenvalue weighted by Crippen LogP contribution is 2.25. The van der Waals surface area contributed by atoms with E-state index in [-0.39, 0.29) is 17.9 Å². The predicted octanol–water partition coefficient (Wildman–Crippen LogP) is 2.43. The van der Waals surface area contributed by atoms with Crippen molar-refractivity contribution in [2.24, 2.45) is 5.73 Å². The number of H-pyrrole nitrogens is 2. The van der Waals surface area contributed by atoms with E-state index in [1.165, 1.54) is 0 Å². The summed E-state index contributed by atoms with van der Waals surface area (Å²) < 4.78 is 5.05. The van der Waals surface area contributed by atoms with Gasteiger partial charge in [-0.2, -0.15) is 0 Å². The Kier molecular flexibility index (Phi) is 5.40. The average Bonchev–Trinajstić information content (AvgIpc) is 3.31. The highest BCUT2D eigenvalue weighted by Gasteiger charge is 2.24. The van der Waals surface area contributed by atoms with Gasteiger partial charge >= 0.3 is 6.09 Å². The Bertz CT molecular complexity index is 1260. The molecular weight excluding hydrogens is 400 g/mol. The minimum atomic E-state index is -1.12. The monoisotopic (exact) mass is 422 g/mol. The Hall–Kier alpha value is -4.14. The lowest BCUT2D eigenvalue weighted by Crippen LogP contribution is -2.41. The molecule has 0 aliphatic carbocycles. The van der Waals surface area contributed by atoms with Gasteiger partial charge in [0.2, 0.25) is 0 Å². The number of benzene rings is 2. The number of aromatic amines is 2. The van der Waals surface area contributed by atoms with Crippen LogP contribution in [0.25, 0.3) is 21.8 Å². The molecule has 7 N–H and O–H groups in total. The van der Waals surface area contributed by atoms with Gasteiger partial charge in [0.25, 0.3) is 5.91 Å². The molecule has 0 saturated carbocycles. The molecule has 31 heavy (non-hydrogen) atoms. The fraction of sp³-hybridized carbons (Fsp3) is 0.182. The molecule has 0 bridgehead atoms. The van der Waals surface area contributed by atoms with Gasteiger partial charge < -0.3 is 36.0 Å². The number of nitrogens with two attached hydrogens (primary N) is 1. The summed E-state index contributed by atoms with van der Waals surface area (Å²) in [6.45, 7) is 0.300. The van der Waals surface area contributed by atoms with Crippen LogP contribution in [-0.4, -0.2) is 44.8 Å². The molecule has 1 atom stereocenters. The first kappa shape index (κ1) is 20.1. The summed E-state index contributed by atoms with van der Waals surface area (Å²) in [7, 11) is 0. The lowest BCUT2D eigenvalue weighted by Gasteiger charge is -2.16. The largest absolute Gasteiger partial charge is 0.508 e. The minimum Gasteiger partial charge on any atom is -0.508 e. The zero-order valence-corrected chi connectivity index (χ0v) is 16.5. The van der Waals surface area contributed by atoms with Crippen molar-refractivity contribution in [3.63, 3.8) is 0 Å². The van der Waals surface area contributed by atoms with Crippen LogP contribution < -0.4 is 11.1 Å². The number of carbonyl (C=O) groups is 2. The predicted molar refractivity (Wildman–Crippen MR) is 115 cm³/mol. The number of rotatable bonds is 7. The van der Waals surface area contributed by atoms with E-state index in [1.807, 2.05) is 6.20 Å². The molecule has 0 unspecified atom stereocenters. The van der Waals surface area contributed by atoms with Crippen LogP contribution in [0.4, 0.5) is 4.79 Å². The summed E-state index contributed by atoms with van der Waals surface area (Å²) in [5.74, 6) is -0.219. The maximum absolute atomic E-state index is 12.7. The first-order chi connectivity index (χ1) is 14.9. The van der Waals surface area contributed by atoms with Gasteiger partial charge in [-0.3, -0.25) is 4.79 Å². The van der Waals surface area contributed by atoms with Gasteiger partial charge in [0, 0.05) is 47.2 Å². The molecule has 0 radical (unpaired) electrons. The number of ether oxygens (including phenoxy) is 1. The highest BCUT2D eigenvalue weighted by atomic mass is 16.6. The molecule has 2 aromatic carbocycles. The zero-order chi connectivity index (χ0) is 22.0. The molecule has 4 rings (SSSR count). The van der Waals surface area contributed by atoms with E-state index < -0.39 is 18.1 Å². The van der Waals surface area contributed by atoms with Gasteiger partial charge in [-0.1, -0.05) is 0 Å². The molecule has 0 saturated heterocycles. The number of aromatic hydroxyl groups is 2. The zero-order valence-electron chi connectivity index (χ0n) is 16.5. The number of amides is 2. The molecule has 0 fully saturated rings. The molecule has 4 aromatic rings. The van der Waals surface area contributed by atoms with Crippen molar-refractivity contribution in [3.8, 4) is 11.5 Å². The van der Waals surface area contributed by atoms with Crippen LogP contribution >= 0.6 is 0 Å². The second-order valence-corrected chi connectivity index (χ2v) is 7.26. The lowest BCUT2D eigenvalue weighted by molar-refractivity contribution is -0.129. The summed E-state index contributed by atoms with van der Waals surface area (Å²) in [5.41, 5.74) is 8.48. The van der Waals surface area contributed by atoms with Crippen LogP contribution in [0.5, 0.6) is 11.5 Å². The molecule has 160 valence electrons. The topological polar surface area (TPSA) is 153 Å². The van der Waals surface area contributed by atoms with Crippen molar-refractivity contribution in [1.82, 2.24) is 15.3 Å². The van der Waals surface area contributed by atoms with Crippen molar-refractivity contribution < 1.29 is 24.5 Å². The molecule has 9 nitrogen and oxygen atoms in total. The standard InChI is InChI=1S/C22H22N4O5/c23-22(30)31-20(7-13-11-26-19-4-2-15(28)9-17(13)19)21(29)24-6-5-12-10-25-18-3-1-14(27)8-16(12)18/h1-4,8-11,20,25-28H,5-7H2,(H2,23,30)(H,24,29)/t20-/m0/s1. The number of aromatic nitrogens is 2. The number of fused-ring (bicyclic) bond motifs is 2. The number of hydrogen-bond acceptors (Lipinski definition) is 5. The summed E-state index contributed by atoms with van der Waals surface area (Å²) in [4.78, 5) is 30.2. The third-order valence-corrected chi connectivity index (χ3v) is 5.15. The summed E-state index contributed by atoms with van der Waals surface area (Å²) >= 11 is 0. The van der Waals surface area contributed by atoms with Crippen LogP contribution in [0.15, 0.2) is 48.8 Å². The van der Waals surface area contributed by atoms with Crippen LogP contribution in [-0.2, 0) is 22.4 Å². The molecule has 9 heteroatoms. The number of carbonyl (C=O) groups excluding carboxylic acids is 2. The first-order valence-corrected chi connectivity index (χ1v) is 9.72. The van der Waals surface area contributed by atoms with Crippen molar-refractivity contribution in [1.29, 1.82) is 0 Å². The van der Waals surface area contributed by atoms with Crippen LogP contribution in [0.2, 0.25) is 0 Å². The maximum Gasteiger partial charge on any atom is 0.405 e. The highest BCUT2D eigenvalue weighted by molar-refractivity contribution is 5.88. The third-order valence-electron chi connectivity index (χ3n) is 5.15. The van der Waals surface area contributed by atoms with E-state index in [1.54, 1.807) is 42.6 Å². The van der Waals surface area contributed by atoms with E-state index in [0.29, 0.717) is 18.5 Å². The third kappa shape index (κ3) is 4.40. The normalized spacial score (nSPS) is 12.1. The van der Waals surface area contributed by atoms with Crippen molar-refractivity contribution in [2.75, 3.05) is 6.54 Å². The van der Waals surface area contributed by atoms with Crippen LogP contribution in [0.3, 0.4) is 0 Å². The minimum absolute atomic E-state index is 0.0925. The fourth-order valence-corrected chi connectivity index (χ4v) is 3.67. The number of phenols is 2. The maximum atomic E-state index is 12.7. The summed E-state index contributed by atoms with van der Waals surface area (Å²) in [5, 5.41) is 23.8. The summed E-state index contributed by atoms with van der Waals surface area (Å²) in [6.07, 6.45) is 1.97. The Morgan fingerprint density at radius 2 is 1.55 bits per heavy atom. The summed E-state index contributed by atoms with van der Waals surface area (Å²) in [6, 6.07) is 9.89. The second-order valence-electron chi connectivity index (χ2n) is 7.26. The van der Waals surface area contributed by atoms with Gasteiger partial charge in [-0.15, -0.1) is 0 Å². The first-order valence-electron chi connectivity index (χ1n) is 9.72. The molecular formula is C22H22N4O5. The quantitative estimate of drug-likeness (QED) is 0.270. The van der Waals surface area contributed by atoms with E-state index in [4.69, 9.17) is 10.5 Å². The lowest BCUT2D eigenvalue weighted by atomic mass is 10.1.